The Morgan fingerprint density at radius 1 is 1.24 bits per heavy atom. The molecule has 7 nitrogen and oxygen atoms in total. The van der Waals surface area contributed by atoms with Crippen molar-refractivity contribution in [2.45, 2.75) is 17.4 Å². The second-order valence-electron chi connectivity index (χ2n) is 4.02. The van der Waals surface area contributed by atoms with E-state index in [2.05, 4.69) is 5.32 Å². The molecule has 0 bridgehead atoms. The molecule has 21 heavy (non-hydrogen) atoms. The third kappa shape index (κ3) is 6.17. The van der Waals surface area contributed by atoms with Crippen molar-refractivity contribution in [2.75, 3.05) is 12.9 Å². The fourth-order valence-corrected chi connectivity index (χ4v) is 2.14. The molecule has 0 aliphatic rings. The summed E-state index contributed by atoms with van der Waals surface area (Å²) in [6.45, 7) is 0. The van der Waals surface area contributed by atoms with Crippen LogP contribution in [0.1, 0.15) is 6.42 Å². The Morgan fingerprint density at radius 2 is 1.86 bits per heavy atom. The Kier molecular flexibility index (Phi) is 6.54. The summed E-state index contributed by atoms with van der Waals surface area (Å²) in [6, 6.07) is 5.59. The maximum Gasteiger partial charge on any atom is 0.326 e. The predicted octanol–water partition coefficient (Wildman–Crippen LogP) is 0.831. The molecular formula is C13H15NO6S. The number of thioether (sulfide) groups is 1. The summed E-state index contributed by atoms with van der Waals surface area (Å²) in [5.41, 5.74) is 0. The largest absolute Gasteiger partial charge is 0.497 e. The Labute approximate surface area is 125 Å². The van der Waals surface area contributed by atoms with Crippen LogP contribution < -0.4 is 10.1 Å². The van der Waals surface area contributed by atoms with Gasteiger partial charge in [0.1, 0.15) is 11.8 Å². The van der Waals surface area contributed by atoms with Crippen LogP contribution in [-0.2, 0) is 14.4 Å². The Hall–Kier alpha value is -2.22. The highest BCUT2D eigenvalue weighted by Gasteiger charge is 2.22. The highest BCUT2D eigenvalue weighted by atomic mass is 32.2. The average molecular weight is 313 g/mol. The van der Waals surface area contributed by atoms with Gasteiger partial charge >= 0.3 is 11.9 Å². The summed E-state index contributed by atoms with van der Waals surface area (Å²) in [7, 11) is 1.55. The average Bonchev–Trinajstić information content (AvgIpc) is 2.44. The van der Waals surface area contributed by atoms with Crippen molar-refractivity contribution in [1.29, 1.82) is 0 Å². The van der Waals surface area contributed by atoms with Gasteiger partial charge < -0.3 is 20.3 Å². The minimum atomic E-state index is -1.42. The number of carbonyl (C=O) groups is 3. The lowest BCUT2D eigenvalue weighted by molar-refractivity contribution is -0.147. The molecule has 1 aromatic rings. The second-order valence-corrected chi connectivity index (χ2v) is 5.07. The number of hydrogen-bond donors (Lipinski definition) is 3. The highest BCUT2D eigenvalue weighted by Crippen LogP contribution is 2.20. The van der Waals surface area contributed by atoms with Crippen molar-refractivity contribution in [2.24, 2.45) is 0 Å². The molecule has 1 amide bonds. The summed E-state index contributed by atoms with van der Waals surface area (Å²) >= 11 is 1.21. The molecule has 114 valence electrons. The van der Waals surface area contributed by atoms with Crippen LogP contribution in [0.15, 0.2) is 29.2 Å². The maximum absolute atomic E-state index is 11.6. The van der Waals surface area contributed by atoms with Crippen LogP contribution >= 0.6 is 11.8 Å². The number of ether oxygens (including phenoxy) is 1. The van der Waals surface area contributed by atoms with E-state index in [-0.39, 0.29) is 5.75 Å². The summed E-state index contributed by atoms with van der Waals surface area (Å²) in [5, 5.41) is 19.6. The van der Waals surface area contributed by atoms with Crippen molar-refractivity contribution < 1.29 is 29.3 Å². The van der Waals surface area contributed by atoms with E-state index in [9.17, 15) is 14.4 Å². The topological polar surface area (TPSA) is 113 Å². The van der Waals surface area contributed by atoms with E-state index in [0.717, 1.165) is 4.90 Å². The number of hydrogen-bond acceptors (Lipinski definition) is 5. The van der Waals surface area contributed by atoms with Crippen LogP contribution in [0.2, 0.25) is 0 Å². The van der Waals surface area contributed by atoms with Crippen LogP contribution in [0.25, 0.3) is 0 Å². The first-order valence-corrected chi connectivity index (χ1v) is 6.91. The molecular weight excluding hydrogens is 298 g/mol. The van der Waals surface area contributed by atoms with Gasteiger partial charge in [0.15, 0.2) is 0 Å². The van der Waals surface area contributed by atoms with Crippen LogP contribution in [0.3, 0.4) is 0 Å². The number of aliphatic carboxylic acids is 2. The van der Waals surface area contributed by atoms with Crippen LogP contribution in [0.4, 0.5) is 0 Å². The zero-order chi connectivity index (χ0) is 15.8. The molecule has 1 aromatic carbocycles. The summed E-state index contributed by atoms with van der Waals surface area (Å²) in [5.74, 6) is -2.51. The first-order valence-electron chi connectivity index (χ1n) is 5.93. The van der Waals surface area contributed by atoms with Crippen molar-refractivity contribution in [1.82, 2.24) is 5.32 Å². The monoisotopic (exact) mass is 313 g/mol. The SMILES string of the molecule is COc1ccc(SCC(=O)N[C@H](CC(=O)O)C(=O)O)cc1. The van der Waals surface area contributed by atoms with Gasteiger partial charge in [-0.25, -0.2) is 4.79 Å². The molecule has 0 heterocycles. The molecule has 0 saturated carbocycles. The molecule has 3 N–H and O–H groups in total. The van der Waals surface area contributed by atoms with E-state index in [1.165, 1.54) is 11.8 Å². The molecule has 0 saturated heterocycles. The van der Waals surface area contributed by atoms with Gasteiger partial charge in [-0.15, -0.1) is 11.8 Å². The minimum absolute atomic E-state index is 0.00424. The molecule has 8 heteroatoms. The van der Waals surface area contributed by atoms with E-state index < -0.39 is 30.3 Å². The summed E-state index contributed by atoms with van der Waals surface area (Å²) in [4.78, 5) is 33.8. The number of benzene rings is 1. The number of nitrogens with one attached hydrogen (secondary N) is 1. The lowest BCUT2D eigenvalue weighted by atomic mass is 10.2. The van der Waals surface area contributed by atoms with Gasteiger partial charge in [0.25, 0.3) is 0 Å². The van der Waals surface area contributed by atoms with Gasteiger partial charge in [0, 0.05) is 4.90 Å². The van der Waals surface area contributed by atoms with Gasteiger partial charge in [0.2, 0.25) is 5.91 Å². The first kappa shape index (κ1) is 16.8. The Morgan fingerprint density at radius 3 is 2.33 bits per heavy atom. The lowest BCUT2D eigenvalue weighted by Gasteiger charge is -2.12. The Balaban J connectivity index is 2.48. The lowest BCUT2D eigenvalue weighted by Crippen LogP contribution is -2.43. The standard InChI is InChI=1S/C13H15NO6S/c1-20-8-2-4-9(5-3-8)21-7-11(15)14-10(13(18)19)6-12(16)17/h2-5,10H,6-7H2,1H3,(H,14,15)(H,16,17)(H,18,19)/t10-/m1/s1. The van der Waals surface area contributed by atoms with Crippen molar-refractivity contribution in [3.8, 4) is 5.75 Å². The molecule has 1 rings (SSSR count). The number of methoxy groups -OCH3 is 1. The predicted molar refractivity (Wildman–Crippen MR) is 75.5 cm³/mol. The van der Waals surface area contributed by atoms with Crippen molar-refractivity contribution in [3.05, 3.63) is 24.3 Å². The minimum Gasteiger partial charge on any atom is -0.497 e. The summed E-state index contributed by atoms with van der Waals surface area (Å²) in [6.07, 6.45) is -0.658. The normalized spacial score (nSPS) is 11.5. The molecule has 1 atom stereocenters. The smallest absolute Gasteiger partial charge is 0.326 e. The van der Waals surface area contributed by atoms with Crippen molar-refractivity contribution in [3.63, 3.8) is 0 Å². The number of carboxylic acid groups (broad SMARTS) is 2. The van der Waals surface area contributed by atoms with Crippen LogP contribution in [-0.4, -0.2) is 47.0 Å². The van der Waals surface area contributed by atoms with Crippen LogP contribution in [0.5, 0.6) is 5.75 Å². The van der Waals surface area contributed by atoms with Gasteiger partial charge in [-0.2, -0.15) is 0 Å². The van der Waals surface area contributed by atoms with E-state index >= 15 is 0 Å². The third-order valence-corrected chi connectivity index (χ3v) is 3.45. The van der Waals surface area contributed by atoms with E-state index in [1.54, 1.807) is 31.4 Å². The molecule has 0 spiro atoms. The summed E-state index contributed by atoms with van der Waals surface area (Å²) < 4.78 is 5.00. The zero-order valence-electron chi connectivity index (χ0n) is 11.2. The van der Waals surface area contributed by atoms with Crippen molar-refractivity contribution >= 4 is 29.6 Å². The molecule has 0 aromatic heterocycles. The molecule has 0 unspecified atom stereocenters. The maximum atomic E-state index is 11.6. The van der Waals surface area contributed by atoms with Gasteiger partial charge in [-0.3, -0.25) is 9.59 Å². The van der Waals surface area contributed by atoms with E-state index in [4.69, 9.17) is 14.9 Å². The zero-order valence-corrected chi connectivity index (χ0v) is 12.1. The van der Waals surface area contributed by atoms with E-state index in [0.29, 0.717) is 5.75 Å². The first-order chi connectivity index (χ1) is 9.92. The number of carbonyl (C=O) groups excluding carboxylic acids is 1. The molecule has 0 radical (unpaired) electrons. The fraction of sp³-hybridized carbons (Fsp3) is 0.308. The van der Waals surface area contributed by atoms with Gasteiger partial charge in [-0.1, -0.05) is 0 Å². The van der Waals surface area contributed by atoms with Crippen LogP contribution in [0, 0.1) is 0 Å². The van der Waals surface area contributed by atoms with E-state index in [1.807, 2.05) is 0 Å². The van der Waals surface area contributed by atoms with Gasteiger partial charge in [-0.05, 0) is 24.3 Å². The molecule has 0 aliphatic carbocycles. The Bertz CT molecular complexity index is 516. The second kappa shape index (κ2) is 8.15. The molecule has 0 fully saturated rings. The highest BCUT2D eigenvalue weighted by molar-refractivity contribution is 8.00. The number of carboxylic acids is 2. The van der Waals surface area contributed by atoms with Gasteiger partial charge in [0.05, 0.1) is 19.3 Å². The quantitative estimate of drug-likeness (QED) is 0.609. The fourth-order valence-electron chi connectivity index (χ4n) is 1.43. The third-order valence-electron chi connectivity index (χ3n) is 2.44. The molecule has 0 aliphatic heterocycles. The number of amides is 1. The number of rotatable bonds is 8.